The molecule has 0 spiro atoms. The number of ether oxygens (including phenoxy) is 2. The molecule has 2 aromatic rings. The van der Waals surface area contributed by atoms with E-state index in [4.69, 9.17) is 9.47 Å². The maximum Gasteiger partial charge on any atom is 0.330 e. The molecule has 2 rings (SSSR count). The lowest BCUT2D eigenvalue weighted by atomic mass is 10.1. The van der Waals surface area contributed by atoms with Crippen molar-refractivity contribution in [3.63, 3.8) is 0 Å². The summed E-state index contributed by atoms with van der Waals surface area (Å²) in [7, 11) is 0. The second kappa shape index (κ2) is 12.4. The Kier molecular flexibility index (Phi) is 9.44. The molecule has 146 valence electrons. The van der Waals surface area contributed by atoms with Gasteiger partial charge in [0.25, 0.3) is 0 Å². The van der Waals surface area contributed by atoms with Gasteiger partial charge in [-0.15, -0.1) is 0 Å². The van der Waals surface area contributed by atoms with Gasteiger partial charge in [0.15, 0.2) is 0 Å². The molecule has 0 amide bonds. The fourth-order valence-electron chi connectivity index (χ4n) is 2.59. The van der Waals surface area contributed by atoms with Gasteiger partial charge in [-0.2, -0.15) is 0 Å². The van der Waals surface area contributed by atoms with Gasteiger partial charge in [0, 0.05) is 23.6 Å². The monoisotopic (exact) mass is 376 g/mol. The van der Waals surface area contributed by atoms with Crippen LogP contribution in [0, 0.1) is 11.8 Å². The summed E-state index contributed by atoms with van der Waals surface area (Å²) < 4.78 is 10.5. The van der Waals surface area contributed by atoms with E-state index < -0.39 is 5.97 Å². The van der Waals surface area contributed by atoms with Crippen LogP contribution in [0.4, 0.5) is 0 Å². The maximum atomic E-state index is 10.9. The van der Waals surface area contributed by atoms with E-state index in [1.165, 1.54) is 24.8 Å². The zero-order valence-electron chi connectivity index (χ0n) is 16.6. The Balaban J connectivity index is 1.78. The van der Waals surface area contributed by atoms with Crippen molar-refractivity contribution in [1.29, 1.82) is 0 Å². The molecular formula is C25H28O3. The third-order valence-corrected chi connectivity index (χ3v) is 4.20. The third-order valence-electron chi connectivity index (χ3n) is 4.20. The molecule has 0 saturated carbocycles. The molecule has 2 aromatic carbocycles. The Hall–Kier alpha value is -2.99. The minimum absolute atomic E-state index is 0.325. The number of carbonyl (C=O) groups excluding carboxylic acids is 1. The van der Waals surface area contributed by atoms with E-state index in [0.29, 0.717) is 19.6 Å². The van der Waals surface area contributed by atoms with E-state index in [0.717, 1.165) is 29.4 Å². The van der Waals surface area contributed by atoms with Crippen LogP contribution in [0.5, 0.6) is 5.75 Å². The quantitative estimate of drug-likeness (QED) is 0.244. The number of hydrogen-bond acceptors (Lipinski definition) is 3. The van der Waals surface area contributed by atoms with Crippen molar-refractivity contribution in [2.45, 2.75) is 39.0 Å². The second-order valence-corrected chi connectivity index (χ2v) is 6.50. The summed E-state index contributed by atoms with van der Waals surface area (Å²) in [6.07, 6.45) is 6.70. The van der Waals surface area contributed by atoms with Crippen LogP contribution in [-0.2, 0) is 16.0 Å². The Morgan fingerprint density at radius 3 is 2.18 bits per heavy atom. The van der Waals surface area contributed by atoms with E-state index in [-0.39, 0.29) is 0 Å². The lowest BCUT2D eigenvalue weighted by Gasteiger charge is -2.06. The first kappa shape index (κ1) is 21.3. The second-order valence-electron chi connectivity index (χ2n) is 6.50. The number of benzene rings is 2. The lowest BCUT2D eigenvalue weighted by molar-refractivity contribution is -0.137. The van der Waals surface area contributed by atoms with Crippen molar-refractivity contribution in [1.82, 2.24) is 0 Å². The van der Waals surface area contributed by atoms with Crippen LogP contribution >= 0.6 is 0 Å². The number of rotatable bonds is 10. The Bertz CT molecular complexity index is 792. The highest BCUT2D eigenvalue weighted by atomic mass is 16.5. The van der Waals surface area contributed by atoms with E-state index in [1.54, 1.807) is 0 Å². The predicted octanol–water partition coefficient (Wildman–Crippen LogP) is 5.32. The van der Waals surface area contributed by atoms with E-state index >= 15 is 0 Å². The molecule has 3 heteroatoms. The van der Waals surface area contributed by atoms with Crippen molar-refractivity contribution >= 4 is 5.97 Å². The summed E-state index contributed by atoms with van der Waals surface area (Å²) in [6, 6.07) is 16.2. The summed E-state index contributed by atoms with van der Waals surface area (Å²) >= 11 is 0. The third kappa shape index (κ3) is 8.14. The van der Waals surface area contributed by atoms with Crippen LogP contribution in [-0.4, -0.2) is 19.2 Å². The lowest BCUT2D eigenvalue weighted by Crippen LogP contribution is -2.06. The normalized spacial score (nSPS) is 9.89. The van der Waals surface area contributed by atoms with Gasteiger partial charge < -0.3 is 9.47 Å². The molecule has 0 unspecified atom stereocenters. The molecular weight excluding hydrogens is 348 g/mol. The molecule has 0 N–H and O–H groups in total. The standard InChI is InChI=1S/C25H28O3/c1-3-5-6-8-21-9-11-22(12-10-21)13-14-23-15-17-24(18-16-23)27-19-7-20-28-25(26)4-2/h4,9-12,15-18H,2-3,5-8,19-20H2,1H3. The highest BCUT2D eigenvalue weighted by Crippen LogP contribution is 2.12. The highest BCUT2D eigenvalue weighted by Gasteiger charge is 1.97. The summed E-state index contributed by atoms with van der Waals surface area (Å²) in [5.41, 5.74) is 3.34. The van der Waals surface area contributed by atoms with Crippen molar-refractivity contribution in [3.8, 4) is 17.6 Å². The number of aryl methyl sites for hydroxylation is 1. The summed E-state index contributed by atoms with van der Waals surface area (Å²) in [6.45, 7) is 6.38. The van der Waals surface area contributed by atoms with Gasteiger partial charge in [0.05, 0.1) is 13.2 Å². The van der Waals surface area contributed by atoms with Crippen molar-refractivity contribution in [3.05, 3.63) is 77.9 Å². The number of carbonyl (C=O) groups is 1. The fraction of sp³-hybridized carbons (Fsp3) is 0.320. The molecule has 28 heavy (non-hydrogen) atoms. The van der Waals surface area contributed by atoms with Crippen molar-refractivity contribution < 1.29 is 14.3 Å². The van der Waals surface area contributed by atoms with E-state index in [1.807, 2.05) is 24.3 Å². The van der Waals surface area contributed by atoms with Crippen LogP contribution in [0.25, 0.3) is 0 Å². The van der Waals surface area contributed by atoms with Gasteiger partial charge in [-0.25, -0.2) is 4.79 Å². The first-order chi connectivity index (χ1) is 13.7. The predicted molar refractivity (Wildman–Crippen MR) is 113 cm³/mol. The fourth-order valence-corrected chi connectivity index (χ4v) is 2.59. The smallest absolute Gasteiger partial charge is 0.330 e. The summed E-state index contributed by atoms with van der Waals surface area (Å²) in [5, 5.41) is 0. The van der Waals surface area contributed by atoms with Gasteiger partial charge in [0.2, 0.25) is 0 Å². The average Bonchev–Trinajstić information content (AvgIpc) is 2.74. The molecule has 0 fully saturated rings. The molecule has 0 aliphatic carbocycles. The summed E-state index contributed by atoms with van der Waals surface area (Å²) in [5.74, 6) is 6.75. The van der Waals surface area contributed by atoms with E-state index in [9.17, 15) is 4.79 Å². The molecule has 0 bridgehead atoms. The largest absolute Gasteiger partial charge is 0.493 e. The van der Waals surface area contributed by atoms with Gasteiger partial charge >= 0.3 is 5.97 Å². The minimum atomic E-state index is -0.408. The maximum absolute atomic E-state index is 10.9. The average molecular weight is 376 g/mol. The molecule has 0 radical (unpaired) electrons. The van der Waals surface area contributed by atoms with Crippen molar-refractivity contribution in [2.75, 3.05) is 13.2 Å². The first-order valence-corrected chi connectivity index (χ1v) is 9.84. The van der Waals surface area contributed by atoms with Gasteiger partial charge in [0.1, 0.15) is 5.75 Å². The van der Waals surface area contributed by atoms with Gasteiger partial charge in [-0.1, -0.05) is 50.3 Å². The van der Waals surface area contributed by atoms with Crippen molar-refractivity contribution in [2.24, 2.45) is 0 Å². The topological polar surface area (TPSA) is 35.5 Å². The molecule has 0 heterocycles. The van der Waals surface area contributed by atoms with Crippen LogP contribution in [0.1, 0.15) is 49.3 Å². The molecule has 3 nitrogen and oxygen atoms in total. The van der Waals surface area contributed by atoms with Crippen LogP contribution in [0.3, 0.4) is 0 Å². The van der Waals surface area contributed by atoms with Crippen LogP contribution < -0.4 is 4.74 Å². The minimum Gasteiger partial charge on any atom is -0.493 e. The highest BCUT2D eigenvalue weighted by molar-refractivity contribution is 5.81. The molecule has 0 aliphatic heterocycles. The first-order valence-electron chi connectivity index (χ1n) is 9.84. The zero-order valence-corrected chi connectivity index (χ0v) is 16.6. The zero-order chi connectivity index (χ0) is 20.0. The molecule has 0 aliphatic rings. The molecule has 0 saturated heterocycles. The summed E-state index contributed by atoms with van der Waals surface area (Å²) in [4.78, 5) is 10.9. The SMILES string of the molecule is C=CC(=O)OCCCOc1ccc(C#Cc2ccc(CCCCC)cc2)cc1. The number of esters is 1. The Morgan fingerprint density at radius 1 is 0.929 bits per heavy atom. The van der Waals surface area contributed by atoms with Gasteiger partial charge in [-0.3, -0.25) is 0 Å². The van der Waals surface area contributed by atoms with Crippen LogP contribution in [0.15, 0.2) is 61.2 Å². The van der Waals surface area contributed by atoms with Crippen LogP contribution in [0.2, 0.25) is 0 Å². The van der Waals surface area contributed by atoms with E-state index in [2.05, 4.69) is 49.6 Å². The number of unbranched alkanes of at least 4 members (excludes halogenated alkanes) is 2. The Labute approximate surface area is 168 Å². The number of hydrogen-bond donors (Lipinski definition) is 0. The Morgan fingerprint density at radius 2 is 1.57 bits per heavy atom. The molecule has 0 atom stereocenters. The molecule has 0 aromatic heterocycles. The van der Waals surface area contributed by atoms with Gasteiger partial charge in [-0.05, 0) is 54.8 Å².